The number of benzene rings is 1. The van der Waals surface area contributed by atoms with Gasteiger partial charge >= 0.3 is 5.97 Å². The Balaban J connectivity index is 1.96. The van der Waals surface area contributed by atoms with E-state index in [0.29, 0.717) is 11.9 Å². The third-order valence-electron chi connectivity index (χ3n) is 2.47. The molecule has 1 aliphatic rings. The van der Waals surface area contributed by atoms with Gasteiger partial charge in [0.25, 0.3) is 0 Å². The highest BCUT2D eigenvalue weighted by Gasteiger charge is 2.19. The first-order valence-electron chi connectivity index (χ1n) is 5.13. The number of rotatable bonds is 2. The Labute approximate surface area is 94.0 Å². The number of fused-ring (bicyclic) bond motifs is 1. The zero-order valence-corrected chi connectivity index (χ0v) is 9.55. The van der Waals surface area contributed by atoms with E-state index in [1.54, 1.807) is 0 Å². The zero-order valence-electron chi connectivity index (χ0n) is 8.73. The summed E-state index contributed by atoms with van der Waals surface area (Å²) < 4.78 is 5.04. The van der Waals surface area contributed by atoms with Crippen LogP contribution in [0.4, 0.5) is 0 Å². The van der Waals surface area contributed by atoms with Gasteiger partial charge in [0.15, 0.2) is 0 Å². The predicted molar refractivity (Wildman–Crippen MR) is 61.0 cm³/mol. The molecule has 80 valence electrons. The first-order valence-corrected chi connectivity index (χ1v) is 6.01. The molecule has 1 heterocycles. The second-order valence-electron chi connectivity index (χ2n) is 3.69. The normalized spacial score (nSPS) is 19.4. The van der Waals surface area contributed by atoms with Crippen molar-refractivity contribution in [3.05, 3.63) is 29.8 Å². The van der Waals surface area contributed by atoms with Gasteiger partial charge in [-0.2, -0.15) is 0 Å². The van der Waals surface area contributed by atoms with Crippen LogP contribution in [0.15, 0.2) is 29.2 Å². The Hall–Kier alpha value is -0.960. The summed E-state index contributed by atoms with van der Waals surface area (Å²) in [6.07, 6.45) is 2.18. The summed E-state index contributed by atoms with van der Waals surface area (Å²) in [5.74, 6) is -0.186. The van der Waals surface area contributed by atoms with E-state index in [4.69, 9.17) is 4.74 Å². The Bertz CT molecular complexity index is 362. The van der Waals surface area contributed by atoms with Crippen molar-refractivity contribution in [1.29, 1.82) is 0 Å². The average molecular weight is 222 g/mol. The Morgan fingerprint density at radius 1 is 1.53 bits per heavy atom. The van der Waals surface area contributed by atoms with Gasteiger partial charge in [0.1, 0.15) is 6.61 Å². The van der Waals surface area contributed by atoms with Gasteiger partial charge in [-0.1, -0.05) is 18.2 Å². The first kappa shape index (κ1) is 10.6. The molecule has 1 aromatic rings. The van der Waals surface area contributed by atoms with Crippen molar-refractivity contribution in [3.8, 4) is 0 Å². The van der Waals surface area contributed by atoms with Gasteiger partial charge in [-0.05, 0) is 24.5 Å². The quantitative estimate of drug-likeness (QED) is 0.720. The molecule has 1 unspecified atom stereocenters. The Morgan fingerprint density at radius 3 is 3.13 bits per heavy atom. The number of hydrogen-bond acceptors (Lipinski definition) is 3. The van der Waals surface area contributed by atoms with Gasteiger partial charge in [-0.15, -0.1) is 11.8 Å². The van der Waals surface area contributed by atoms with Gasteiger partial charge < -0.3 is 4.74 Å². The van der Waals surface area contributed by atoms with E-state index < -0.39 is 0 Å². The molecule has 0 bridgehead atoms. The number of thioether (sulfide) groups is 1. The van der Waals surface area contributed by atoms with Crippen LogP contribution in [-0.2, 0) is 16.0 Å². The number of hydrogen-bond donors (Lipinski definition) is 0. The minimum absolute atomic E-state index is 0.186. The van der Waals surface area contributed by atoms with E-state index in [2.05, 4.69) is 24.3 Å². The third kappa shape index (κ3) is 2.75. The zero-order chi connectivity index (χ0) is 10.7. The molecule has 0 N–H and O–H groups in total. The maximum absolute atomic E-state index is 10.7. The van der Waals surface area contributed by atoms with Crippen molar-refractivity contribution in [3.63, 3.8) is 0 Å². The lowest BCUT2D eigenvalue weighted by Crippen LogP contribution is -2.18. The summed E-state index contributed by atoms with van der Waals surface area (Å²) in [6, 6.07) is 8.44. The molecule has 1 aliphatic heterocycles. The van der Waals surface area contributed by atoms with E-state index in [1.807, 2.05) is 11.8 Å². The highest BCUT2D eigenvalue weighted by Crippen LogP contribution is 2.34. The first-order chi connectivity index (χ1) is 7.25. The molecule has 0 amide bonds. The summed E-state index contributed by atoms with van der Waals surface area (Å²) in [5, 5.41) is 0.420. The molecule has 3 heteroatoms. The molecular formula is C12H14O2S. The molecule has 1 aromatic carbocycles. The van der Waals surface area contributed by atoms with Gasteiger partial charge in [0.2, 0.25) is 0 Å². The Kier molecular flexibility index (Phi) is 3.31. The van der Waals surface area contributed by atoms with Crippen LogP contribution >= 0.6 is 11.8 Å². The van der Waals surface area contributed by atoms with Crippen molar-refractivity contribution in [2.45, 2.75) is 29.9 Å². The lowest BCUT2D eigenvalue weighted by atomic mass is 10.1. The van der Waals surface area contributed by atoms with Crippen LogP contribution in [0.25, 0.3) is 0 Å². The van der Waals surface area contributed by atoms with Crippen LogP contribution in [0.5, 0.6) is 0 Å². The van der Waals surface area contributed by atoms with Crippen LogP contribution < -0.4 is 0 Å². The van der Waals surface area contributed by atoms with Crippen LogP contribution in [0.1, 0.15) is 18.9 Å². The molecule has 2 rings (SSSR count). The van der Waals surface area contributed by atoms with Crippen molar-refractivity contribution in [1.82, 2.24) is 0 Å². The highest BCUT2D eigenvalue weighted by molar-refractivity contribution is 8.00. The van der Waals surface area contributed by atoms with Gasteiger partial charge in [-0.3, -0.25) is 4.79 Å². The molecular weight excluding hydrogens is 208 g/mol. The molecule has 0 saturated heterocycles. The minimum Gasteiger partial charge on any atom is -0.465 e. The highest BCUT2D eigenvalue weighted by atomic mass is 32.2. The second-order valence-corrected chi connectivity index (χ2v) is 5.03. The monoisotopic (exact) mass is 222 g/mol. The van der Waals surface area contributed by atoms with E-state index in [9.17, 15) is 4.79 Å². The van der Waals surface area contributed by atoms with Crippen molar-refractivity contribution in [2.75, 3.05) is 6.61 Å². The molecule has 1 atom stereocenters. The summed E-state index contributed by atoms with van der Waals surface area (Å²) in [6.45, 7) is 2.00. The smallest absolute Gasteiger partial charge is 0.302 e. The third-order valence-corrected chi connectivity index (χ3v) is 3.83. The van der Waals surface area contributed by atoms with Crippen molar-refractivity contribution >= 4 is 17.7 Å². The Morgan fingerprint density at radius 2 is 2.33 bits per heavy atom. The second kappa shape index (κ2) is 4.71. The van der Waals surface area contributed by atoms with Gasteiger partial charge in [-0.25, -0.2) is 0 Å². The summed E-state index contributed by atoms with van der Waals surface area (Å²) in [5.41, 5.74) is 1.42. The number of carbonyl (C=O) groups excluding carboxylic acids is 1. The summed E-state index contributed by atoms with van der Waals surface area (Å²) >= 11 is 1.82. The lowest BCUT2D eigenvalue weighted by molar-refractivity contribution is -0.140. The van der Waals surface area contributed by atoms with E-state index >= 15 is 0 Å². The molecule has 0 aromatic heterocycles. The van der Waals surface area contributed by atoms with Crippen LogP contribution in [0, 0.1) is 0 Å². The standard InChI is InChI=1S/C12H14O2S/c1-9(13)14-8-11-7-6-10-4-2-3-5-12(10)15-11/h2-5,11H,6-8H2,1H3. The molecule has 0 fully saturated rings. The maximum atomic E-state index is 10.7. The molecule has 0 radical (unpaired) electrons. The van der Waals surface area contributed by atoms with E-state index in [0.717, 1.165) is 12.8 Å². The number of carbonyl (C=O) groups is 1. The number of aryl methyl sites for hydroxylation is 1. The van der Waals surface area contributed by atoms with Gasteiger partial charge in [0.05, 0.1) is 0 Å². The molecule has 0 aliphatic carbocycles. The van der Waals surface area contributed by atoms with Crippen LogP contribution in [0.2, 0.25) is 0 Å². The van der Waals surface area contributed by atoms with Crippen molar-refractivity contribution < 1.29 is 9.53 Å². The van der Waals surface area contributed by atoms with Crippen molar-refractivity contribution in [2.24, 2.45) is 0 Å². The van der Waals surface area contributed by atoms with E-state index in [-0.39, 0.29) is 5.97 Å². The number of esters is 1. The summed E-state index contributed by atoms with van der Waals surface area (Å²) in [4.78, 5) is 12.0. The molecule has 0 spiro atoms. The topological polar surface area (TPSA) is 26.3 Å². The van der Waals surface area contributed by atoms with E-state index in [1.165, 1.54) is 17.4 Å². The minimum atomic E-state index is -0.186. The fraction of sp³-hybridized carbons (Fsp3) is 0.417. The molecule has 2 nitrogen and oxygen atoms in total. The fourth-order valence-electron chi connectivity index (χ4n) is 1.71. The van der Waals surface area contributed by atoms with Gasteiger partial charge in [0, 0.05) is 17.1 Å². The number of ether oxygens (including phenoxy) is 1. The maximum Gasteiger partial charge on any atom is 0.302 e. The SMILES string of the molecule is CC(=O)OCC1CCc2ccccc2S1. The largest absolute Gasteiger partial charge is 0.465 e. The predicted octanol–water partition coefficient (Wildman–Crippen LogP) is 2.66. The summed E-state index contributed by atoms with van der Waals surface area (Å²) in [7, 11) is 0. The molecule has 15 heavy (non-hydrogen) atoms. The van der Waals surface area contributed by atoms with Crippen LogP contribution in [0.3, 0.4) is 0 Å². The fourth-order valence-corrected chi connectivity index (χ4v) is 2.92. The van der Waals surface area contributed by atoms with Crippen LogP contribution in [-0.4, -0.2) is 17.8 Å². The molecule has 0 saturated carbocycles. The lowest BCUT2D eigenvalue weighted by Gasteiger charge is -2.23. The average Bonchev–Trinajstić information content (AvgIpc) is 2.26.